The van der Waals surface area contributed by atoms with Crippen LogP contribution in [0.3, 0.4) is 0 Å². The Labute approximate surface area is 129 Å². The summed E-state index contributed by atoms with van der Waals surface area (Å²) in [5, 5.41) is 5.09. The van der Waals surface area contributed by atoms with Gasteiger partial charge in [0, 0.05) is 22.5 Å². The predicted molar refractivity (Wildman–Crippen MR) is 88.9 cm³/mol. The van der Waals surface area contributed by atoms with Crippen LogP contribution in [0.4, 0.5) is 5.82 Å². The van der Waals surface area contributed by atoms with Crippen molar-refractivity contribution in [3.8, 4) is 11.4 Å². The number of rotatable bonds is 3. The van der Waals surface area contributed by atoms with Gasteiger partial charge in [-0.05, 0) is 37.6 Å². The van der Waals surface area contributed by atoms with E-state index in [0.29, 0.717) is 10.8 Å². The van der Waals surface area contributed by atoms with Crippen LogP contribution >= 0.6 is 11.6 Å². The molecule has 0 unspecified atom stereocenters. The molecule has 0 bridgehead atoms. The second-order valence-corrected chi connectivity index (χ2v) is 5.34. The highest BCUT2D eigenvalue weighted by molar-refractivity contribution is 6.30. The van der Waals surface area contributed by atoms with Gasteiger partial charge in [-0.2, -0.15) is 0 Å². The molecule has 21 heavy (non-hydrogen) atoms. The molecule has 3 rings (SSSR count). The zero-order valence-corrected chi connectivity index (χ0v) is 12.8. The molecule has 0 aliphatic heterocycles. The number of halogens is 1. The lowest BCUT2D eigenvalue weighted by Crippen LogP contribution is -2.03. The molecule has 2 aromatic carbocycles. The quantitative estimate of drug-likeness (QED) is 0.762. The molecule has 0 saturated carbocycles. The molecule has 1 N–H and O–H groups in total. The Kier molecular flexibility index (Phi) is 3.76. The number of aromatic nitrogens is 2. The van der Waals surface area contributed by atoms with Gasteiger partial charge in [0.1, 0.15) is 5.82 Å². The first-order valence-corrected chi connectivity index (χ1v) is 7.34. The number of nitrogens with zero attached hydrogens (tertiary/aromatic N) is 2. The van der Waals surface area contributed by atoms with Crippen molar-refractivity contribution in [3.05, 3.63) is 53.1 Å². The summed E-state index contributed by atoms with van der Waals surface area (Å²) in [6.45, 7) is 4.95. The summed E-state index contributed by atoms with van der Waals surface area (Å²) in [4.78, 5) is 9.36. The fraction of sp³-hybridized carbons (Fsp3) is 0.176. The van der Waals surface area contributed by atoms with Crippen LogP contribution in [0.15, 0.2) is 42.5 Å². The van der Waals surface area contributed by atoms with Crippen molar-refractivity contribution < 1.29 is 0 Å². The summed E-state index contributed by atoms with van der Waals surface area (Å²) in [6.07, 6.45) is 0. The standard InChI is InChI=1S/C17H16ClN3/c1-3-19-17-15-11(2)6-4-9-14(15)20-16(21-17)12-7-5-8-13(18)10-12/h4-10H,3H2,1-2H3,(H,19,20,21). The van der Waals surface area contributed by atoms with E-state index in [1.807, 2.05) is 36.4 Å². The lowest BCUT2D eigenvalue weighted by Gasteiger charge is -2.11. The molecular weight excluding hydrogens is 282 g/mol. The normalized spacial score (nSPS) is 10.8. The highest BCUT2D eigenvalue weighted by atomic mass is 35.5. The van der Waals surface area contributed by atoms with Crippen molar-refractivity contribution in [3.63, 3.8) is 0 Å². The monoisotopic (exact) mass is 297 g/mol. The van der Waals surface area contributed by atoms with Gasteiger partial charge >= 0.3 is 0 Å². The molecule has 0 aliphatic carbocycles. The van der Waals surface area contributed by atoms with E-state index in [9.17, 15) is 0 Å². The molecule has 0 radical (unpaired) electrons. The van der Waals surface area contributed by atoms with E-state index in [1.165, 1.54) is 5.56 Å². The van der Waals surface area contributed by atoms with Gasteiger partial charge in [-0.1, -0.05) is 35.9 Å². The maximum Gasteiger partial charge on any atom is 0.162 e. The van der Waals surface area contributed by atoms with E-state index in [4.69, 9.17) is 11.6 Å². The Hall–Kier alpha value is -2.13. The first kappa shape index (κ1) is 13.8. The third-order valence-corrected chi connectivity index (χ3v) is 3.59. The SMILES string of the molecule is CCNc1nc(-c2cccc(Cl)c2)nc2cccc(C)c12. The molecular formula is C17H16ClN3. The van der Waals surface area contributed by atoms with E-state index in [2.05, 4.69) is 35.2 Å². The largest absolute Gasteiger partial charge is 0.370 e. The van der Waals surface area contributed by atoms with Crippen LogP contribution in [0.2, 0.25) is 5.02 Å². The van der Waals surface area contributed by atoms with Crippen LogP contribution in [0.5, 0.6) is 0 Å². The molecule has 3 aromatic rings. The Morgan fingerprint density at radius 3 is 2.67 bits per heavy atom. The second-order valence-electron chi connectivity index (χ2n) is 4.91. The van der Waals surface area contributed by atoms with Gasteiger partial charge in [0.05, 0.1) is 5.52 Å². The first-order valence-electron chi connectivity index (χ1n) is 6.96. The van der Waals surface area contributed by atoms with Crippen LogP contribution in [0, 0.1) is 6.92 Å². The minimum Gasteiger partial charge on any atom is -0.370 e. The molecule has 0 saturated heterocycles. The van der Waals surface area contributed by atoms with Crippen LogP contribution in [0.1, 0.15) is 12.5 Å². The van der Waals surface area contributed by atoms with E-state index < -0.39 is 0 Å². The topological polar surface area (TPSA) is 37.8 Å². The average molecular weight is 298 g/mol. The molecule has 4 heteroatoms. The minimum atomic E-state index is 0.686. The highest BCUT2D eigenvalue weighted by Crippen LogP contribution is 2.28. The van der Waals surface area contributed by atoms with Gasteiger partial charge in [0.2, 0.25) is 0 Å². The van der Waals surface area contributed by atoms with Gasteiger partial charge in [0.25, 0.3) is 0 Å². The van der Waals surface area contributed by atoms with Gasteiger partial charge in [-0.25, -0.2) is 9.97 Å². The number of aryl methyl sites for hydroxylation is 1. The van der Waals surface area contributed by atoms with Crippen LogP contribution in [-0.2, 0) is 0 Å². The summed E-state index contributed by atoms with van der Waals surface area (Å²) < 4.78 is 0. The summed E-state index contributed by atoms with van der Waals surface area (Å²) in [6, 6.07) is 13.7. The molecule has 3 nitrogen and oxygen atoms in total. The van der Waals surface area contributed by atoms with Crippen molar-refractivity contribution >= 4 is 28.3 Å². The van der Waals surface area contributed by atoms with Crippen LogP contribution < -0.4 is 5.32 Å². The second kappa shape index (κ2) is 5.70. The van der Waals surface area contributed by atoms with Crippen LogP contribution in [-0.4, -0.2) is 16.5 Å². The Balaban J connectivity index is 2.26. The molecule has 0 aliphatic rings. The fourth-order valence-corrected chi connectivity index (χ4v) is 2.60. The average Bonchev–Trinajstić information content (AvgIpc) is 2.47. The van der Waals surface area contributed by atoms with Crippen LogP contribution in [0.25, 0.3) is 22.3 Å². The maximum atomic E-state index is 6.07. The lowest BCUT2D eigenvalue weighted by molar-refractivity contribution is 1.14. The molecule has 0 fully saturated rings. The van der Waals surface area contributed by atoms with Crippen molar-refractivity contribution in [2.24, 2.45) is 0 Å². The minimum absolute atomic E-state index is 0.686. The number of fused-ring (bicyclic) bond motifs is 1. The number of benzene rings is 2. The Morgan fingerprint density at radius 2 is 1.90 bits per heavy atom. The van der Waals surface area contributed by atoms with Gasteiger partial charge in [0.15, 0.2) is 5.82 Å². The molecule has 106 valence electrons. The van der Waals surface area contributed by atoms with Crippen molar-refractivity contribution in [2.75, 3.05) is 11.9 Å². The molecule has 1 heterocycles. The van der Waals surface area contributed by atoms with E-state index in [1.54, 1.807) is 0 Å². The summed E-state index contributed by atoms with van der Waals surface area (Å²) >= 11 is 6.07. The summed E-state index contributed by atoms with van der Waals surface area (Å²) in [7, 11) is 0. The number of anilines is 1. The van der Waals surface area contributed by atoms with Crippen molar-refractivity contribution in [2.45, 2.75) is 13.8 Å². The highest BCUT2D eigenvalue weighted by Gasteiger charge is 2.10. The third kappa shape index (κ3) is 2.69. The summed E-state index contributed by atoms with van der Waals surface area (Å²) in [5.74, 6) is 1.56. The Bertz CT molecular complexity index is 799. The lowest BCUT2D eigenvalue weighted by atomic mass is 10.1. The van der Waals surface area contributed by atoms with Gasteiger partial charge in [-0.3, -0.25) is 0 Å². The third-order valence-electron chi connectivity index (χ3n) is 3.36. The van der Waals surface area contributed by atoms with Crippen molar-refractivity contribution in [1.82, 2.24) is 9.97 Å². The van der Waals surface area contributed by atoms with Gasteiger partial charge in [-0.15, -0.1) is 0 Å². The summed E-state index contributed by atoms with van der Waals surface area (Å²) in [5.41, 5.74) is 3.03. The fourth-order valence-electron chi connectivity index (χ4n) is 2.41. The van der Waals surface area contributed by atoms with Crippen molar-refractivity contribution in [1.29, 1.82) is 0 Å². The molecule has 0 amide bonds. The molecule has 0 atom stereocenters. The number of hydrogen-bond donors (Lipinski definition) is 1. The smallest absolute Gasteiger partial charge is 0.162 e. The number of hydrogen-bond acceptors (Lipinski definition) is 3. The van der Waals surface area contributed by atoms with E-state index in [-0.39, 0.29) is 0 Å². The molecule has 0 spiro atoms. The Morgan fingerprint density at radius 1 is 1.10 bits per heavy atom. The number of nitrogens with one attached hydrogen (secondary N) is 1. The zero-order valence-electron chi connectivity index (χ0n) is 12.0. The molecule has 1 aromatic heterocycles. The first-order chi connectivity index (χ1) is 10.2. The van der Waals surface area contributed by atoms with Gasteiger partial charge < -0.3 is 5.32 Å². The maximum absolute atomic E-state index is 6.07. The predicted octanol–water partition coefficient (Wildman–Crippen LogP) is 4.69. The van der Waals surface area contributed by atoms with E-state index >= 15 is 0 Å². The van der Waals surface area contributed by atoms with E-state index in [0.717, 1.165) is 28.8 Å². The zero-order chi connectivity index (χ0) is 14.8.